The molecule has 0 spiro atoms. The van der Waals surface area contributed by atoms with Crippen molar-refractivity contribution in [1.82, 2.24) is 0 Å². The molecule has 1 aliphatic carbocycles. The highest BCUT2D eigenvalue weighted by Gasteiger charge is 2.35. The molecule has 0 unspecified atom stereocenters. The van der Waals surface area contributed by atoms with Crippen LogP contribution in [0.1, 0.15) is 38.2 Å². The molecular formula is C15H19NO. The van der Waals surface area contributed by atoms with Gasteiger partial charge in [0.2, 0.25) is 0 Å². The van der Waals surface area contributed by atoms with Crippen LogP contribution in [0.3, 0.4) is 0 Å². The molecule has 0 heterocycles. The lowest BCUT2D eigenvalue weighted by atomic mass is 9.68. The molecule has 0 saturated heterocycles. The lowest BCUT2D eigenvalue weighted by Gasteiger charge is -2.34. The number of ether oxygens (including phenoxy) is 1. The van der Waals surface area contributed by atoms with Crippen molar-refractivity contribution in [2.45, 2.75) is 38.0 Å². The van der Waals surface area contributed by atoms with Gasteiger partial charge in [0.15, 0.2) is 0 Å². The van der Waals surface area contributed by atoms with E-state index >= 15 is 0 Å². The SMILES string of the molecule is COc1ccc(C2(C#N)CCC(C)CC2)cc1. The minimum atomic E-state index is -0.265. The van der Waals surface area contributed by atoms with Gasteiger partial charge in [-0.2, -0.15) is 5.26 Å². The third-order valence-corrected chi connectivity index (χ3v) is 3.98. The fourth-order valence-corrected chi connectivity index (χ4v) is 2.63. The lowest BCUT2D eigenvalue weighted by molar-refractivity contribution is 0.294. The maximum atomic E-state index is 9.53. The smallest absolute Gasteiger partial charge is 0.118 e. The van der Waals surface area contributed by atoms with E-state index in [9.17, 15) is 5.26 Å². The van der Waals surface area contributed by atoms with Gasteiger partial charge in [0.05, 0.1) is 18.6 Å². The van der Waals surface area contributed by atoms with Gasteiger partial charge in [0.1, 0.15) is 5.75 Å². The molecule has 0 bridgehead atoms. The molecule has 1 saturated carbocycles. The summed E-state index contributed by atoms with van der Waals surface area (Å²) in [5.74, 6) is 1.61. The molecule has 1 aromatic rings. The van der Waals surface area contributed by atoms with Crippen molar-refractivity contribution >= 4 is 0 Å². The van der Waals surface area contributed by atoms with Crippen LogP contribution in [-0.4, -0.2) is 7.11 Å². The highest BCUT2D eigenvalue weighted by atomic mass is 16.5. The highest BCUT2D eigenvalue weighted by molar-refractivity contribution is 5.37. The number of nitriles is 1. The van der Waals surface area contributed by atoms with Gasteiger partial charge in [-0.1, -0.05) is 19.1 Å². The first kappa shape index (κ1) is 12.0. The van der Waals surface area contributed by atoms with Gasteiger partial charge in [0, 0.05) is 0 Å². The summed E-state index contributed by atoms with van der Waals surface area (Å²) in [5, 5.41) is 9.53. The van der Waals surface area contributed by atoms with E-state index in [-0.39, 0.29) is 5.41 Å². The Labute approximate surface area is 103 Å². The zero-order valence-corrected chi connectivity index (χ0v) is 10.6. The Hall–Kier alpha value is -1.49. The van der Waals surface area contributed by atoms with E-state index in [0.29, 0.717) is 0 Å². The van der Waals surface area contributed by atoms with Gasteiger partial charge >= 0.3 is 0 Å². The van der Waals surface area contributed by atoms with Crippen molar-refractivity contribution in [2.75, 3.05) is 7.11 Å². The Balaban J connectivity index is 2.26. The van der Waals surface area contributed by atoms with Crippen LogP contribution in [0.15, 0.2) is 24.3 Å². The Morgan fingerprint density at radius 3 is 2.29 bits per heavy atom. The Morgan fingerprint density at radius 2 is 1.82 bits per heavy atom. The summed E-state index contributed by atoms with van der Waals surface area (Å²) < 4.78 is 5.16. The van der Waals surface area contributed by atoms with Gasteiger partial charge < -0.3 is 4.74 Å². The van der Waals surface area contributed by atoms with Crippen molar-refractivity contribution in [3.8, 4) is 11.8 Å². The highest BCUT2D eigenvalue weighted by Crippen LogP contribution is 2.41. The summed E-state index contributed by atoms with van der Waals surface area (Å²) in [6.45, 7) is 2.27. The molecule has 1 fully saturated rings. The number of benzene rings is 1. The summed E-state index contributed by atoms with van der Waals surface area (Å²) in [7, 11) is 1.66. The molecule has 2 heteroatoms. The number of hydrogen-bond donors (Lipinski definition) is 0. The van der Waals surface area contributed by atoms with E-state index in [0.717, 1.165) is 42.9 Å². The van der Waals surface area contributed by atoms with Crippen LogP contribution in [0.2, 0.25) is 0 Å². The number of hydrogen-bond acceptors (Lipinski definition) is 2. The molecule has 2 rings (SSSR count). The van der Waals surface area contributed by atoms with Crippen LogP contribution >= 0.6 is 0 Å². The van der Waals surface area contributed by atoms with Crippen molar-refractivity contribution in [2.24, 2.45) is 5.92 Å². The molecule has 0 N–H and O–H groups in total. The van der Waals surface area contributed by atoms with Crippen molar-refractivity contribution < 1.29 is 4.74 Å². The van der Waals surface area contributed by atoms with E-state index in [1.165, 1.54) is 0 Å². The molecule has 17 heavy (non-hydrogen) atoms. The van der Waals surface area contributed by atoms with Crippen LogP contribution in [0, 0.1) is 17.2 Å². The fourth-order valence-electron chi connectivity index (χ4n) is 2.63. The van der Waals surface area contributed by atoms with Crippen molar-refractivity contribution in [1.29, 1.82) is 5.26 Å². The van der Waals surface area contributed by atoms with E-state index < -0.39 is 0 Å². The summed E-state index contributed by atoms with van der Waals surface area (Å²) in [5.41, 5.74) is 0.881. The monoisotopic (exact) mass is 229 g/mol. The molecular weight excluding hydrogens is 210 g/mol. The van der Waals surface area contributed by atoms with E-state index in [1.54, 1.807) is 7.11 Å². The topological polar surface area (TPSA) is 33.0 Å². The summed E-state index contributed by atoms with van der Waals surface area (Å²) in [6.07, 6.45) is 4.27. The lowest BCUT2D eigenvalue weighted by Crippen LogP contribution is -2.29. The number of rotatable bonds is 2. The van der Waals surface area contributed by atoms with E-state index in [1.807, 2.05) is 24.3 Å². The zero-order valence-electron chi connectivity index (χ0n) is 10.6. The maximum Gasteiger partial charge on any atom is 0.118 e. The summed E-state index contributed by atoms with van der Waals surface area (Å²) in [4.78, 5) is 0. The molecule has 0 aromatic heterocycles. The number of methoxy groups -OCH3 is 1. The van der Waals surface area contributed by atoms with Crippen LogP contribution in [0.5, 0.6) is 5.75 Å². The molecule has 2 nitrogen and oxygen atoms in total. The Kier molecular flexibility index (Phi) is 3.38. The molecule has 0 amide bonds. The third kappa shape index (κ3) is 2.29. The largest absolute Gasteiger partial charge is 0.497 e. The predicted octanol–water partition coefficient (Wildman–Crippen LogP) is 3.67. The van der Waals surface area contributed by atoms with Crippen molar-refractivity contribution in [3.05, 3.63) is 29.8 Å². The summed E-state index contributed by atoms with van der Waals surface area (Å²) >= 11 is 0. The Bertz CT molecular complexity index is 408. The third-order valence-electron chi connectivity index (χ3n) is 3.98. The van der Waals surface area contributed by atoms with E-state index in [2.05, 4.69) is 13.0 Å². The average Bonchev–Trinajstić information content (AvgIpc) is 2.40. The van der Waals surface area contributed by atoms with Crippen LogP contribution in [0.4, 0.5) is 0 Å². The minimum absolute atomic E-state index is 0.265. The van der Waals surface area contributed by atoms with Gasteiger partial charge in [-0.15, -0.1) is 0 Å². The average molecular weight is 229 g/mol. The molecule has 0 radical (unpaired) electrons. The van der Waals surface area contributed by atoms with Gasteiger partial charge in [-0.3, -0.25) is 0 Å². The fraction of sp³-hybridized carbons (Fsp3) is 0.533. The van der Waals surface area contributed by atoms with E-state index in [4.69, 9.17) is 4.74 Å². The molecule has 1 aliphatic rings. The Morgan fingerprint density at radius 1 is 1.24 bits per heavy atom. The maximum absolute atomic E-state index is 9.53. The normalized spacial score (nSPS) is 28.4. The zero-order chi connectivity index (χ0) is 12.3. The first-order chi connectivity index (χ1) is 8.20. The first-order valence-corrected chi connectivity index (χ1v) is 6.26. The van der Waals surface area contributed by atoms with Gasteiger partial charge in [0.25, 0.3) is 0 Å². The van der Waals surface area contributed by atoms with Crippen LogP contribution < -0.4 is 4.74 Å². The first-order valence-electron chi connectivity index (χ1n) is 6.26. The second-order valence-corrected chi connectivity index (χ2v) is 5.10. The van der Waals surface area contributed by atoms with Gasteiger partial charge in [-0.05, 0) is 49.3 Å². The molecule has 0 aliphatic heterocycles. The quantitative estimate of drug-likeness (QED) is 0.775. The molecule has 1 aromatic carbocycles. The second-order valence-electron chi connectivity index (χ2n) is 5.10. The van der Waals surface area contributed by atoms with Crippen LogP contribution in [-0.2, 0) is 5.41 Å². The summed E-state index contributed by atoms with van der Waals surface area (Å²) in [6, 6.07) is 10.5. The predicted molar refractivity (Wildman–Crippen MR) is 67.9 cm³/mol. The molecule has 90 valence electrons. The number of nitrogens with zero attached hydrogens (tertiary/aromatic N) is 1. The van der Waals surface area contributed by atoms with Gasteiger partial charge in [-0.25, -0.2) is 0 Å². The second kappa shape index (κ2) is 4.79. The molecule has 0 atom stereocenters. The van der Waals surface area contributed by atoms with Crippen molar-refractivity contribution in [3.63, 3.8) is 0 Å². The van der Waals surface area contributed by atoms with Crippen LogP contribution in [0.25, 0.3) is 0 Å². The minimum Gasteiger partial charge on any atom is -0.497 e. The standard InChI is InChI=1S/C15H19NO/c1-12-7-9-15(11-16,10-8-12)13-3-5-14(17-2)6-4-13/h3-6,12H,7-10H2,1-2H3.